The summed E-state index contributed by atoms with van der Waals surface area (Å²) in [5.74, 6) is 1.52. The van der Waals surface area contributed by atoms with Crippen LogP contribution in [-0.4, -0.2) is 63.1 Å². The van der Waals surface area contributed by atoms with Crippen molar-refractivity contribution < 1.29 is 24.3 Å². The second-order valence-corrected chi connectivity index (χ2v) is 9.10. The molecule has 2 aromatic heterocycles. The van der Waals surface area contributed by atoms with Crippen LogP contribution in [0.2, 0.25) is 0 Å². The largest absolute Gasteiger partial charge is 0.490 e. The van der Waals surface area contributed by atoms with Crippen LogP contribution >= 0.6 is 0 Å². The molecule has 1 aromatic carbocycles. The Morgan fingerprint density at radius 1 is 1.08 bits per heavy atom. The van der Waals surface area contributed by atoms with Gasteiger partial charge in [-0.05, 0) is 69.5 Å². The molecule has 2 heterocycles. The highest BCUT2D eigenvalue weighted by atomic mass is 16.5. The van der Waals surface area contributed by atoms with Crippen molar-refractivity contribution in [3.63, 3.8) is 0 Å². The van der Waals surface area contributed by atoms with Crippen molar-refractivity contribution in [1.29, 1.82) is 0 Å². The summed E-state index contributed by atoms with van der Waals surface area (Å²) in [6.45, 7) is 11.7. The Kier molecular flexibility index (Phi) is 9.60. The summed E-state index contributed by atoms with van der Waals surface area (Å²) < 4.78 is 11.5. The SMILES string of the molecule is CCCc1cc(-c2noc(-c3cc(C)nc(N(CC)CC)c3)n2)cc(C)c1OC[C@@H](O)CC(O)C(N)=O. The summed E-state index contributed by atoms with van der Waals surface area (Å²) in [5, 5.41) is 24.0. The average molecular weight is 512 g/mol. The van der Waals surface area contributed by atoms with Gasteiger partial charge in [-0.15, -0.1) is 0 Å². The van der Waals surface area contributed by atoms with E-state index in [1.807, 2.05) is 38.1 Å². The lowest BCUT2D eigenvalue weighted by Gasteiger charge is -2.20. The molecule has 0 saturated heterocycles. The van der Waals surface area contributed by atoms with Gasteiger partial charge in [0.2, 0.25) is 11.7 Å². The minimum atomic E-state index is -1.42. The molecule has 37 heavy (non-hydrogen) atoms. The van der Waals surface area contributed by atoms with Crippen molar-refractivity contribution >= 4 is 11.7 Å². The zero-order chi connectivity index (χ0) is 27.1. The maximum Gasteiger partial charge on any atom is 0.258 e. The molecule has 0 aliphatic rings. The number of rotatable bonds is 13. The van der Waals surface area contributed by atoms with Crippen LogP contribution in [0.25, 0.3) is 22.8 Å². The molecular formula is C27H37N5O5. The van der Waals surface area contributed by atoms with Gasteiger partial charge in [0, 0.05) is 36.3 Å². The topological polar surface area (TPSA) is 148 Å². The number of aliphatic hydroxyl groups is 2. The number of carbonyl (C=O) groups is 1. The second-order valence-electron chi connectivity index (χ2n) is 9.10. The van der Waals surface area contributed by atoms with E-state index in [2.05, 4.69) is 40.8 Å². The first kappa shape index (κ1) is 28.1. The van der Waals surface area contributed by atoms with Crippen LogP contribution in [0.15, 0.2) is 28.8 Å². The van der Waals surface area contributed by atoms with E-state index in [0.717, 1.165) is 59.7 Å². The lowest BCUT2D eigenvalue weighted by Crippen LogP contribution is -2.33. The highest BCUT2D eigenvalue weighted by Gasteiger charge is 2.20. The van der Waals surface area contributed by atoms with Crippen LogP contribution in [-0.2, 0) is 11.2 Å². The first-order chi connectivity index (χ1) is 17.7. The molecule has 1 unspecified atom stereocenters. The van der Waals surface area contributed by atoms with E-state index in [9.17, 15) is 15.0 Å². The number of aromatic nitrogens is 3. The monoisotopic (exact) mass is 511 g/mol. The van der Waals surface area contributed by atoms with Gasteiger partial charge in [-0.2, -0.15) is 4.98 Å². The predicted octanol–water partition coefficient (Wildman–Crippen LogP) is 3.19. The Hall–Kier alpha value is -3.50. The van der Waals surface area contributed by atoms with Gasteiger partial charge in [-0.25, -0.2) is 4.98 Å². The standard InChI is InChI=1S/C27H37N5O5/c1-6-9-18-12-19(10-16(4)24(18)36-15-21(33)14-22(34)25(28)35)26-30-27(37-31-26)20-11-17(5)29-23(13-20)32(7-2)8-3/h10-13,21-22,33-34H,6-9,14-15H2,1-5H3,(H2,28,35)/t21-,22?/m0/s1. The lowest BCUT2D eigenvalue weighted by atomic mass is 10.0. The summed E-state index contributed by atoms with van der Waals surface area (Å²) in [7, 11) is 0. The molecule has 2 atom stereocenters. The quantitative estimate of drug-likeness (QED) is 0.315. The molecule has 0 radical (unpaired) electrons. The van der Waals surface area contributed by atoms with Crippen LogP contribution in [0.5, 0.6) is 5.75 Å². The highest BCUT2D eigenvalue weighted by molar-refractivity contribution is 5.78. The number of hydrogen-bond donors (Lipinski definition) is 3. The fourth-order valence-corrected chi connectivity index (χ4v) is 4.20. The Morgan fingerprint density at radius 2 is 1.81 bits per heavy atom. The van der Waals surface area contributed by atoms with Crippen LogP contribution in [0.1, 0.15) is 50.4 Å². The minimum absolute atomic E-state index is 0.0795. The summed E-state index contributed by atoms with van der Waals surface area (Å²) >= 11 is 0. The van der Waals surface area contributed by atoms with Gasteiger partial charge >= 0.3 is 0 Å². The first-order valence-electron chi connectivity index (χ1n) is 12.7. The Labute approximate surface area is 217 Å². The van der Waals surface area contributed by atoms with E-state index in [1.165, 1.54) is 0 Å². The van der Waals surface area contributed by atoms with Crippen molar-refractivity contribution in [2.45, 2.75) is 66.1 Å². The van der Waals surface area contributed by atoms with Gasteiger partial charge in [0.1, 0.15) is 24.3 Å². The fraction of sp³-hybridized carbons (Fsp3) is 0.481. The van der Waals surface area contributed by atoms with E-state index in [0.29, 0.717) is 17.5 Å². The van der Waals surface area contributed by atoms with Crippen molar-refractivity contribution in [2.24, 2.45) is 5.73 Å². The van der Waals surface area contributed by atoms with Crippen molar-refractivity contribution in [3.05, 3.63) is 41.1 Å². The van der Waals surface area contributed by atoms with Gasteiger partial charge in [0.15, 0.2) is 0 Å². The number of ether oxygens (including phenoxy) is 1. The summed E-state index contributed by atoms with van der Waals surface area (Å²) in [6, 6.07) is 7.76. The Balaban J connectivity index is 1.86. The predicted molar refractivity (Wildman–Crippen MR) is 141 cm³/mol. The number of hydrogen-bond acceptors (Lipinski definition) is 9. The molecule has 0 aliphatic carbocycles. The zero-order valence-electron chi connectivity index (χ0n) is 22.2. The maximum absolute atomic E-state index is 11.1. The number of pyridine rings is 1. The summed E-state index contributed by atoms with van der Waals surface area (Å²) in [4.78, 5) is 22.5. The van der Waals surface area contributed by atoms with Crippen molar-refractivity contribution in [2.75, 3.05) is 24.6 Å². The lowest BCUT2D eigenvalue weighted by molar-refractivity contribution is -0.127. The molecule has 4 N–H and O–H groups in total. The third kappa shape index (κ3) is 7.05. The third-order valence-electron chi connectivity index (χ3n) is 6.07. The number of primary amides is 1. The minimum Gasteiger partial charge on any atom is -0.490 e. The summed E-state index contributed by atoms with van der Waals surface area (Å²) in [5.41, 5.74) is 9.32. The van der Waals surface area contributed by atoms with E-state index < -0.39 is 18.1 Å². The number of aliphatic hydroxyl groups excluding tert-OH is 2. The van der Waals surface area contributed by atoms with Crippen LogP contribution in [0, 0.1) is 13.8 Å². The van der Waals surface area contributed by atoms with E-state index in [-0.39, 0.29) is 13.0 Å². The molecule has 0 spiro atoms. The van der Waals surface area contributed by atoms with Crippen LogP contribution in [0.4, 0.5) is 5.82 Å². The number of amides is 1. The number of carbonyl (C=O) groups excluding carboxylic acids is 1. The van der Waals surface area contributed by atoms with Crippen LogP contribution < -0.4 is 15.4 Å². The van der Waals surface area contributed by atoms with Crippen molar-refractivity contribution in [3.8, 4) is 28.6 Å². The number of benzene rings is 1. The number of aryl methyl sites for hydroxylation is 3. The molecule has 3 aromatic rings. The normalized spacial score (nSPS) is 12.8. The zero-order valence-corrected chi connectivity index (χ0v) is 22.2. The number of anilines is 1. The Bertz CT molecular complexity index is 1210. The molecule has 10 nitrogen and oxygen atoms in total. The summed E-state index contributed by atoms with van der Waals surface area (Å²) in [6.07, 6.45) is -1.03. The smallest absolute Gasteiger partial charge is 0.258 e. The highest BCUT2D eigenvalue weighted by Crippen LogP contribution is 2.32. The van der Waals surface area contributed by atoms with Gasteiger partial charge in [0.05, 0.1) is 6.10 Å². The van der Waals surface area contributed by atoms with Gasteiger partial charge in [-0.3, -0.25) is 4.79 Å². The van der Waals surface area contributed by atoms with E-state index >= 15 is 0 Å². The number of nitrogens with two attached hydrogens (primary N) is 1. The third-order valence-corrected chi connectivity index (χ3v) is 6.07. The van der Waals surface area contributed by atoms with Crippen molar-refractivity contribution in [1.82, 2.24) is 15.1 Å². The van der Waals surface area contributed by atoms with Crippen LogP contribution in [0.3, 0.4) is 0 Å². The maximum atomic E-state index is 11.1. The van der Waals surface area contributed by atoms with E-state index in [1.54, 1.807) is 0 Å². The van der Waals surface area contributed by atoms with Gasteiger partial charge in [0.25, 0.3) is 5.89 Å². The van der Waals surface area contributed by atoms with Gasteiger partial charge < -0.3 is 30.1 Å². The first-order valence-corrected chi connectivity index (χ1v) is 12.7. The Morgan fingerprint density at radius 3 is 2.46 bits per heavy atom. The molecule has 0 saturated carbocycles. The molecule has 200 valence electrons. The average Bonchev–Trinajstić information content (AvgIpc) is 3.34. The molecule has 0 fully saturated rings. The van der Waals surface area contributed by atoms with E-state index in [4.69, 9.17) is 15.0 Å². The van der Waals surface area contributed by atoms with Gasteiger partial charge in [-0.1, -0.05) is 18.5 Å². The molecule has 3 rings (SSSR count). The molecule has 0 aliphatic heterocycles. The fourth-order valence-electron chi connectivity index (χ4n) is 4.20. The molecule has 0 bridgehead atoms. The molecule has 1 amide bonds. The molecule has 10 heteroatoms. The molecular weight excluding hydrogens is 474 g/mol. The number of nitrogens with zero attached hydrogens (tertiary/aromatic N) is 4. The second kappa shape index (κ2) is 12.6.